The van der Waals surface area contributed by atoms with E-state index in [0.717, 1.165) is 31.5 Å². The van der Waals surface area contributed by atoms with Crippen molar-refractivity contribution in [3.63, 3.8) is 0 Å². The highest BCUT2D eigenvalue weighted by atomic mass is 127. The largest absolute Gasteiger partial charge is 0.363 e. The summed E-state index contributed by atoms with van der Waals surface area (Å²) >= 11 is 2.45. The number of nitrogens with zero attached hydrogens (tertiary/aromatic N) is 6. The molecule has 0 spiro atoms. The highest BCUT2D eigenvalue weighted by Crippen LogP contribution is 2.37. The first kappa shape index (κ1) is 22.9. The third kappa shape index (κ3) is 4.44. The number of rotatable bonds is 6. The van der Waals surface area contributed by atoms with Crippen molar-refractivity contribution in [3.05, 3.63) is 35.9 Å². The van der Waals surface area contributed by atoms with Gasteiger partial charge >= 0.3 is 0 Å². The van der Waals surface area contributed by atoms with Gasteiger partial charge in [-0.15, -0.1) is 0 Å². The first-order chi connectivity index (χ1) is 15.3. The number of anilines is 2. The Morgan fingerprint density at radius 2 is 2.00 bits per heavy atom. The SMILES string of the molecule is CC(I)C1CCC(n2cc(NC(=O)c3cnn4c(N(C)C)ccnc34)c(C(F)F)n2)CC1. The maximum absolute atomic E-state index is 13.7. The fourth-order valence-electron chi connectivity index (χ4n) is 4.24. The van der Waals surface area contributed by atoms with Gasteiger partial charge in [0.15, 0.2) is 11.3 Å². The molecule has 1 unspecified atom stereocenters. The average molecular weight is 557 g/mol. The van der Waals surface area contributed by atoms with Gasteiger partial charge in [-0.25, -0.2) is 13.8 Å². The van der Waals surface area contributed by atoms with Crippen molar-refractivity contribution in [2.75, 3.05) is 24.3 Å². The molecule has 3 heterocycles. The summed E-state index contributed by atoms with van der Waals surface area (Å²) in [5.74, 6) is 0.838. The van der Waals surface area contributed by atoms with Gasteiger partial charge in [0.2, 0.25) is 0 Å². The van der Waals surface area contributed by atoms with Gasteiger partial charge in [-0.3, -0.25) is 9.48 Å². The zero-order valence-corrected chi connectivity index (χ0v) is 20.3. The highest BCUT2D eigenvalue weighted by molar-refractivity contribution is 14.1. The number of halogens is 3. The second-order valence-corrected chi connectivity index (χ2v) is 10.4. The van der Waals surface area contributed by atoms with Crippen LogP contribution in [0.2, 0.25) is 0 Å². The molecule has 4 rings (SSSR count). The van der Waals surface area contributed by atoms with Gasteiger partial charge in [0.25, 0.3) is 12.3 Å². The van der Waals surface area contributed by atoms with Crippen LogP contribution in [0.4, 0.5) is 20.3 Å². The molecule has 32 heavy (non-hydrogen) atoms. The summed E-state index contributed by atoms with van der Waals surface area (Å²) in [7, 11) is 3.71. The summed E-state index contributed by atoms with van der Waals surface area (Å²) in [6.07, 6.45) is 5.58. The molecule has 8 nitrogen and oxygen atoms in total. The fourth-order valence-corrected chi connectivity index (χ4v) is 4.96. The zero-order valence-electron chi connectivity index (χ0n) is 18.2. The molecule has 172 valence electrons. The Morgan fingerprint density at radius 1 is 1.28 bits per heavy atom. The first-order valence-corrected chi connectivity index (χ1v) is 11.8. The van der Waals surface area contributed by atoms with E-state index in [9.17, 15) is 13.6 Å². The van der Waals surface area contributed by atoms with Gasteiger partial charge in [-0.2, -0.15) is 14.7 Å². The summed E-state index contributed by atoms with van der Waals surface area (Å²) in [5.41, 5.74) is 0.169. The van der Waals surface area contributed by atoms with E-state index in [-0.39, 0.29) is 17.3 Å². The normalized spacial score (nSPS) is 20.0. The molecule has 1 amide bonds. The quantitative estimate of drug-likeness (QED) is 0.350. The lowest BCUT2D eigenvalue weighted by atomic mass is 9.84. The highest BCUT2D eigenvalue weighted by Gasteiger charge is 2.28. The molecule has 0 aliphatic heterocycles. The molecule has 1 aliphatic rings. The van der Waals surface area contributed by atoms with Crippen LogP contribution in [0.5, 0.6) is 0 Å². The van der Waals surface area contributed by atoms with Gasteiger partial charge in [0.1, 0.15) is 11.4 Å². The number of carbonyl (C=O) groups excluding carboxylic acids is 1. The summed E-state index contributed by atoms with van der Waals surface area (Å²) in [6.45, 7) is 2.21. The van der Waals surface area contributed by atoms with Gasteiger partial charge in [-0.05, 0) is 37.7 Å². The van der Waals surface area contributed by atoms with Gasteiger partial charge < -0.3 is 10.2 Å². The summed E-state index contributed by atoms with van der Waals surface area (Å²) in [5, 5.41) is 11.0. The molecule has 0 aromatic carbocycles. The van der Waals surface area contributed by atoms with Crippen molar-refractivity contribution in [2.45, 2.75) is 49.0 Å². The van der Waals surface area contributed by atoms with Crippen LogP contribution in [0.15, 0.2) is 24.7 Å². The Labute approximate surface area is 198 Å². The summed E-state index contributed by atoms with van der Waals surface area (Å²) in [4.78, 5) is 19.0. The molecule has 1 fully saturated rings. The minimum atomic E-state index is -2.79. The second kappa shape index (κ2) is 9.28. The summed E-state index contributed by atoms with van der Waals surface area (Å²) < 4.78 is 31.1. The molecule has 0 bridgehead atoms. The van der Waals surface area contributed by atoms with Gasteiger partial charge in [0, 0.05) is 30.4 Å². The topological polar surface area (TPSA) is 80.4 Å². The van der Waals surface area contributed by atoms with Crippen molar-refractivity contribution >= 4 is 45.7 Å². The lowest BCUT2D eigenvalue weighted by molar-refractivity contribution is 0.102. The monoisotopic (exact) mass is 557 g/mol. The van der Waals surface area contributed by atoms with Crippen molar-refractivity contribution in [2.24, 2.45) is 5.92 Å². The maximum atomic E-state index is 13.7. The van der Waals surface area contributed by atoms with Crippen molar-refractivity contribution in [1.29, 1.82) is 0 Å². The van der Waals surface area contributed by atoms with Crippen molar-refractivity contribution < 1.29 is 13.6 Å². The molecular weight excluding hydrogens is 531 g/mol. The lowest BCUT2D eigenvalue weighted by Crippen LogP contribution is -2.22. The Balaban J connectivity index is 1.57. The molecule has 11 heteroatoms. The van der Waals surface area contributed by atoms with E-state index < -0.39 is 18.0 Å². The van der Waals surface area contributed by atoms with E-state index in [1.54, 1.807) is 21.5 Å². The molecule has 1 atom stereocenters. The molecule has 1 N–H and O–H groups in total. The number of amides is 1. The number of alkyl halides is 3. The maximum Gasteiger partial charge on any atom is 0.284 e. The van der Waals surface area contributed by atoms with Crippen LogP contribution in [-0.2, 0) is 0 Å². The molecular formula is C21H26F2IN7O. The molecule has 1 aliphatic carbocycles. The number of carbonyl (C=O) groups is 1. The number of hydrogen-bond acceptors (Lipinski definition) is 5. The van der Waals surface area contributed by atoms with Gasteiger partial charge in [-0.1, -0.05) is 29.5 Å². The Bertz CT molecular complexity index is 1100. The van der Waals surface area contributed by atoms with Crippen LogP contribution in [0.25, 0.3) is 5.65 Å². The number of hydrogen-bond donors (Lipinski definition) is 1. The Hall–Kier alpha value is -2.31. The number of nitrogens with one attached hydrogen (secondary N) is 1. The third-order valence-corrected chi connectivity index (χ3v) is 7.08. The minimum Gasteiger partial charge on any atom is -0.363 e. The van der Waals surface area contributed by atoms with E-state index in [0.29, 0.717) is 15.5 Å². The van der Waals surface area contributed by atoms with Gasteiger partial charge in [0.05, 0.1) is 17.9 Å². The Morgan fingerprint density at radius 3 is 2.62 bits per heavy atom. The van der Waals surface area contributed by atoms with E-state index in [4.69, 9.17) is 0 Å². The van der Waals surface area contributed by atoms with E-state index in [1.165, 1.54) is 12.4 Å². The zero-order chi connectivity index (χ0) is 23.0. The van der Waals surface area contributed by atoms with E-state index in [1.807, 2.05) is 19.0 Å². The van der Waals surface area contributed by atoms with Crippen LogP contribution in [0, 0.1) is 5.92 Å². The lowest BCUT2D eigenvalue weighted by Gasteiger charge is -2.30. The van der Waals surface area contributed by atoms with Crippen LogP contribution in [0.3, 0.4) is 0 Å². The van der Waals surface area contributed by atoms with Crippen molar-refractivity contribution in [3.8, 4) is 0 Å². The number of fused-ring (bicyclic) bond motifs is 1. The summed E-state index contributed by atoms with van der Waals surface area (Å²) in [6, 6.07) is 1.83. The average Bonchev–Trinajstić information content (AvgIpc) is 3.38. The van der Waals surface area contributed by atoms with Crippen molar-refractivity contribution in [1.82, 2.24) is 24.4 Å². The van der Waals surface area contributed by atoms with Crippen LogP contribution in [0.1, 0.15) is 61.1 Å². The van der Waals surface area contributed by atoms with Crippen LogP contribution < -0.4 is 10.2 Å². The Kier molecular flexibility index (Phi) is 6.63. The smallest absolute Gasteiger partial charge is 0.284 e. The molecule has 3 aromatic heterocycles. The minimum absolute atomic E-state index is 0.0255. The standard InChI is InChI=1S/C21H26F2IN7O/c1-12(24)13-4-6-14(7-5-13)30-11-16(18(28-30)19(22)23)27-21(32)15-10-26-31-17(29(2)3)8-9-25-20(15)31/h8-14,19H,4-7H2,1-3H3,(H,27,32). The predicted molar refractivity (Wildman–Crippen MR) is 127 cm³/mol. The fraction of sp³-hybridized carbons (Fsp3) is 0.524. The molecule has 3 aromatic rings. The molecule has 0 radical (unpaired) electrons. The van der Waals surface area contributed by atoms with E-state index in [2.05, 4.69) is 50.0 Å². The third-order valence-electron chi connectivity index (χ3n) is 6.06. The number of aromatic nitrogens is 5. The predicted octanol–water partition coefficient (Wildman–Crippen LogP) is 4.74. The second-order valence-electron chi connectivity index (χ2n) is 8.40. The van der Waals surface area contributed by atoms with Crippen LogP contribution in [-0.4, -0.2) is 48.3 Å². The van der Waals surface area contributed by atoms with Crippen LogP contribution >= 0.6 is 22.6 Å². The molecule has 1 saturated carbocycles. The first-order valence-electron chi connectivity index (χ1n) is 10.6. The molecule has 0 saturated heterocycles. The van der Waals surface area contributed by atoms with E-state index >= 15 is 0 Å².